The van der Waals surface area contributed by atoms with Gasteiger partial charge in [0.05, 0.1) is 5.01 Å². The van der Waals surface area contributed by atoms with Crippen LogP contribution in [-0.2, 0) is 13.0 Å². The number of hydrogen-bond donors (Lipinski definition) is 1. The van der Waals surface area contributed by atoms with Crippen LogP contribution in [0.4, 0.5) is 0 Å². The molecule has 2 nitrogen and oxygen atoms in total. The lowest BCUT2D eigenvalue weighted by Crippen LogP contribution is -2.08. The molecule has 2 aromatic rings. The van der Waals surface area contributed by atoms with E-state index in [9.17, 15) is 0 Å². The SMILES string of the molecule is CNCc1ccc(Cl)cc1Cc1nccs1. The Hall–Kier alpha value is -0.900. The van der Waals surface area contributed by atoms with Crippen molar-refractivity contribution in [2.45, 2.75) is 13.0 Å². The summed E-state index contributed by atoms with van der Waals surface area (Å²) in [7, 11) is 1.95. The molecule has 0 aliphatic rings. The molecule has 2 rings (SSSR count). The predicted molar refractivity (Wildman–Crippen MR) is 69.1 cm³/mol. The zero-order valence-electron chi connectivity index (χ0n) is 9.03. The van der Waals surface area contributed by atoms with Gasteiger partial charge in [0.1, 0.15) is 0 Å². The maximum atomic E-state index is 6.02. The van der Waals surface area contributed by atoms with Gasteiger partial charge in [0, 0.05) is 29.6 Å². The van der Waals surface area contributed by atoms with Gasteiger partial charge in [-0.25, -0.2) is 4.98 Å². The van der Waals surface area contributed by atoms with Gasteiger partial charge in [0.25, 0.3) is 0 Å². The summed E-state index contributed by atoms with van der Waals surface area (Å²) in [5.74, 6) is 0. The number of thiazole rings is 1. The Kier molecular flexibility index (Phi) is 3.93. The van der Waals surface area contributed by atoms with Crippen molar-refractivity contribution >= 4 is 22.9 Å². The van der Waals surface area contributed by atoms with Crippen LogP contribution >= 0.6 is 22.9 Å². The van der Waals surface area contributed by atoms with E-state index in [1.165, 1.54) is 11.1 Å². The van der Waals surface area contributed by atoms with Crippen molar-refractivity contribution < 1.29 is 0 Å². The Labute approximate surface area is 104 Å². The maximum Gasteiger partial charge on any atom is 0.0968 e. The molecule has 1 aromatic heterocycles. The smallest absolute Gasteiger partial charge is 0.0968 e. The fourth-order valence-corrected chi connectivity index (χ4v) is 2.46. The molecule has 0 atom stereocenters. The van der Waals surface area contributed by atoms with E-state index >= 15 is 0 Å². The fourth-order valence-electron chi connectivity index (χ4n) is 1.63. The largest absolute Gasteiger partial charge is 0.316 e. The standard InChI is InChI=1S/C12H13ClN2S/c1-14-8-9-2-3-11(13)6-10(9)7-12-15-4-5-16-12/h2-6,14H,7-8H2,1H3. The van der Waals surface area contributed by atoms with Crippen LogP contribution in [-0.4, -0.2) is 12.0 Å². The summed E-state index contributed by atoms with van der Waals surface area (Å²) in [6, 6.07) is 6.02. The first-order valence-electron chi connectivity index (χ1n) is 5.10. The number of nitrogens with one attached hydrogen (secondary N) is 1. The number of halogens is 1. The molecule has 0 bridgehead atoms. The quantitative estimate of drug-likeness (QED) is 0.905. The lowest BCUT2D eigenvalue weighted by molar-refractivity contribution is 0.807. The Morgan fingerprint density at radius 1 is 1.38 bits per heavy atom. The third-order valence-corrected chi connectivity index (χ3v) is 3.38. The Bertz CT molecular complexity index is 454. The van der Waals surface area contributed by atoms with E-state index in [0.29, 0.717) is 0 Å². The summed E-state index contributed by atoms with van der Waals surface area (Å²) in [5, 5.41) is 7.07. The molecular weight excluding hydrogens is 240 g/mol. The van der Waals surface area contributed by atoms with Crippen LogP contribution in [0.3, 0.4) is 0 Å². The minimum Gasteiger partial charge on any atom is -0.316 e. The van der Waals surface area contributed by atoms with E-state index in [0.717, 1.165) is 23.0 Å². The average molecular weight is 253 g/mol. The molecular formula is C12H13ClN2S. The van der Waals surface area contributed by atoms with Crippen LogP contribution in [0.2, 0.25) is 5.02 Å². The first kappa shape index (κ1) is 11.6. The molecule has 1 N–H and O–H groups in total. The van der Waals surface area contributed by atoms with Crippen LogP contribution in [0, 0.1) is 0 Å². The molecule has 0 spiro atoms. The number of aromatic nitrogens is 1. The van der Waals surface area contributed by atoms with E-state index in [-0.39, 0.29) is 0 Å². The fraction of sp³-hybridized carbons (Fsp3) is 0.250. The number of nitrogens with zero attached hydrogens (tertiary/aromatic N) is 1. The number of benzene rings is 1. The highest BCUT2D eigenvalue weighted by Gasteiger charge is 2.05. The van der Waals surface area contributed by atoms with Gasteiger partial charge in [-0.05, 0) is 30.3 Å². The third kappa shape index (κ3) is 2.82. The topological polar surface area (TPSA) is 24.9 Å². The van der Waals surface area contributed by atoms with Gasteiger partial charge >= 0.3 is 0 Å². The van der Waals surface area contributed by atoms with Crippen molar-refractivity contribution in [1.29, 1.82) is 0 Å². The monoisotopic (exact) mass is 252 g/mol. The summed E-state index contributed by atoms with van der Waals surface area (Å²) < 4.78 is 0. The van der Waals surface area contributed by atoms with Crippen LogP contribution in [0.15, 0.2) is 29.8 Å². The van der Waals surface area contributed by atoms with Gasteiger partial charge in [0.2, 0.25) is 0 Å². The molecule has 0 aliphatic heterocycles. The second-order valence-corrected chi connectivity index (χ2v) is 4.96. The minimum atomic E-state index is 0.784. The summed E-state index contributed by atoms with van der Waals surface area (Å²) >= 11 is 7.70. The zero-order valence-corrected chi connectivity index (χ0v) is 10.6. The number of rotatable bonds is 4. The molecule has 0 unspecified atom stereocenters. The molecule has 0 amide bonds. The zero-order chi connectivity index (χ0) is 11.4. The van der Waals surface area contributed by atoms with Crippen molar-refractivity contribution in [3.63, 3.8) is 0 Å². The van der Waals surface area contributed by atoms with Crippen molar-refractivity contribution in [1.82, 2.24) is 10.3 Å². The predicted octanol–water partition coefficient (Wildman–Crippen LogP) is 3.11. The molecule has 4 heteroatoms. The second kappa shape index (κ2) is 5.43. The summed E-state index contributed by atoms with van der Waals surface area (Å²) in [6.07, 6.45) is 2.69. The van der Waals surface area contributed by atoms with Crippen molar-refractivity contribution in [2.75, 3.05) is 7.05 Å². The summed E-state index contributed by atoms with van der Waals surface area (Å²) in [5.41, 5.74) is 2.53. The minimum absolute atomic E-state index is 0.784. The van der Waals surface area contributed by atoms with Crippen molar-refractivity contribution in [3.05, 3.63) is 50.9 Å². The Morgan fingerprint density at radius 3 is 2.94 bits per heavy atom. The molecule has 0 saturated carbocycles. The second-order valence-electron chi connectivity index (χ2n) is 3.55. The average Bonchev–Trinajstić information content (AvgIpc) is 2.75. The van der Waals surface area contributed by atoms with Gasteiger partial charge in [-0.3, -0.25) is 0 Å². The molecule has 0 aliphatic carbocycles. The van der Waals surface area contributed by atoms with Gasteiger partial charge in [-0.1, -0.05) is 17.7 Å². The summed E-state index contributed by atoms with van der Waals surface area (Å²) in [6.45, 7) is 0.859. The lowest BCUT2D eigenvalue weighted by Gasteiger charge is -2.08. The third-order valence-electron chi connectivity index (χ3n) is 2.36. The van der Waals surface area contributed by atoms with Gasteiger partial charge in [-0.2, -0.15) is 0 Å². The molecule has 16 heavy (non-hydrogen) atoms. The van der Waals surface area contributed by atoms with E-state index in [4.69, 9.17) is 11.6 Å². The highest BCUT2D eigenvalue weighted by molar-refractivity contribution is 7.09. The van der Waals surface area contributed by atoms with E-state index < -0.39 is 0 Å². The molecule has 1 heterocycles. The highest BCUT2D eigenvalue weighted by Crippen LogP contribution is 2.20. The van der Waals surface area contributed by atoms with E-state index in [1.807, 2.05) is 30.8 Å². The molecule has 84 valence electrons. The van der Waals surface area contributed by atoms with Crippen LogP contribution in [0.25, 0.3) is 0 Å². The molecule has 0 saturated heterocycles. The lowest BCUT2D eigenvalue weighted by atomic mass is 10.0. The van der Waals surface area contributed by atoms with Crippen molar-refractivity contribution in [2.24, 2.45) is 0 Å². The first-order valence-corrected chi connectivity index (χ1v) is 6.35. The van der Waals surface area contributed by atoms with Crippen LogP contribution in [0.5, 0.6) is 0 Å². The van der Waals surface area contributed by atoms with E-state index in [1.54, 1.807) is 11.3 Å². The van der Waals surface area contributed by atoms with Gasteiger partial charge in [-0.15, -0.1) is 11.3 Å². The molecule has 1 aromatic carbocycles. The molecule has 0 fully saturated rings. The van der Waals surface area contributed by atoms with Crippen LogP contribution < -0.4 is 5.32 Å². The first-order chi connectivity index (χ1) is 7.79. The molecule has 0 radical (unpaired) electrons. The number of hydrogen-bond acceptors (Lipinski definition) is 3. The maximum absolute atomic E-state index is 6.02. The normalized spacial score (nSPS) is 10.6. The van der Waals surface area contributed by atoms with E-state index in [2.05, 4.69) is 16.4 Å². The Balaban J connectivity index is 2.26. The van der Waals surface area contributed by atoms with Gasteiger partial charge < -0.3 is 5.32 Å². The highest BCUT2D eigenvalue weighted by atomic mass is 35.5. The summed E-state index contributed by atoms with van der Waals surface area (Å²) in [4.78, 5) is 4.30. The van der Waals surface area contributed by atoms with Crippen LogP contribution in [0.1, 0.15) is 16.1 Å². The Morgan fingerprint density at radius 2 is 2.25 bits per heavy atom. The van der Waals surface area contributed by atoms with Crippen molar-refractivity contribution in [3.8, 4) is 0 Å². The van der Waals surface area contributed by atoms with Gasteiger partial charge in [0.15, 0.2) is 0 Å².